The summed E-state index contributed by atoms with van der Waals surface area (Å²) >= 11 is 0. The zero-order valence-corrected chi connectivity index (χ0v) is 14.1. The molecule has 0 amide bonds. The fraction of sp³-hybridized carbons (Fsp3) is 0.400. The van der Waals surface area contributed by atoms with E-state index < -0.39 is 0 Å². The first-order chi connectivity index (χ1) is 10.4. The van der Waals surface area contributed by atoms with Crippen LogP contribution in [0.25, 0.3) is 21.8 Å². The van der Waals surface area contributed by atoms with Crippen LogP contribution in [0.4, 0.5) is 0 Å². The van der Waals surface area contributed by atoms with E-state index in [0.29, 0.717) is 5.92 Å². The van der Waals surface area contributed by atoms with E-state index in [1.807, 2.05) is 12.3 Å². The number of hydrogen-bond donors (Lipinski definition) is 0. The molecule has 1 aromatic carbocycles. The fourth-order valence-electron chi connectivity index (χ4n) is 2.89. The Hall–Kier alpha value is -1.96. The second-order valence-electron chi connectivity index (χ2n) is 7.02. The van der Waals surface area contributed by atoms with E-state index in [1.165, 1.54) is 10.9 Å². The SMILES string of the molecule is CCC(C)(C)c1cc(C(C)C)nc2c1ccc1cccnc12. The Kier molecular flexibility index (Phi) is 3.64. The van der Waals surface area contributed by atoms with Crippen molar-refractivity contribution in [3.8, 4) is 0 Å². The molecule has 0 saturated carbocycles. The maximum Gasteiger partial charge on any atom is 0.0970 e. The molecule has 0 fully saturated rings. The molecule has 0 radical (unpaired) electrons. The summed E-state index contributed by atoms with van der Waals surface area (Å²) in [7, 11) is 0. The van der Waals surface area contributed by atoms with E-state index >= 15 is 0 Å². The van der Waals surface area contributed by atoms with Crippen molar-refractivity contribution in [2.75, 3.05) is 0 Å². The standard InChI is InChI=1S/C20H24N2/c1-6-20(4,5)16-12-17(13(2)3)22-19-15(16)10-9-14-8-7-11-21-18(14)19/h7-13H,6H2,1-5H3. The number of aromatic nitrogens is 2. The van der Waals surface area contributed by atoms with E-state index in [-0.39, 0.29) is 5.41 Å². The quantitative estimate of drug-likeness (QED) is 0.588. The molecule has 0 unspecified atom stereocenters. The molecule has 114 valence electrons. The summed E-state index contributed by atoms with van der Waals surface area (Å²) in [4.78, 5) is 9.55. The molecule has 2 aromatic heterocycles. The molecule has 3 rings (SSSR count). The Morgan fingerprint density at radius 3 is 2.55 bits per heavy atom. The molecular formula is C20H24N2. The molecule has 22 heavy (non-hydrogen) atoms. The van der Waals surface area contributed by atoms with Gasteiger partial charge in [0.1, 0.15) is 0 Å². The highest BCUT2D eigenvalue weighted by Crippen LogP contribution is 2.36. The topological polar surface area (TPSA) is 25.8 Å². The zero-order valence-electron chi connectivity index (χ0n) is 14.1. The normalized spacial score (nSPS) is 12.5. The lowest BCUT2D eigenvalue weighted by Crippen LogP contribution is -2.17. The summed E-state index contributed by atoms with van der Waals surface area (Å²) in [6.07, 6.45) is 2.96. The van der Waals surface area contributed by atoms with Crippen molar-refractivity contribution in [1.82, 2.24) is 9.97 Å². The molecule has 0 aliphatic carbocycles. The third-order valence-electron chi connectivity index (χ3n) is 4.78. The van der Waals surface area contributed by atoms with Crippen LogP contribution in [0.1, 0.15) is 58.2 Å². The number of rotatable bonds is 3. The minimum absolute atomic E-state index is 0.132. The first kappa shape index (κ1) is 15.0. The van der Waals surface area contributed by atoms with Crippen LogP contribution >= 0.6 is 0 Å². The summed E-state index contributed by atoms with van der Waals surface area (Å²) < 4.78 is 0. The minimum Gasteiger partial charge on any atom is -0.254 e. The van der Waals surface area contributed by atoms with E-state index in [9.17, 15) is 0 Å². The second-order valence-corrected chi connectivity index (χ2v) is 7.02. The van der Waals surface area contributed by atoms with E-state index in [2.05, 4.69) is 63.9 Å². The minimum atomic E-state index is 0.132. The van der Waals surface area contributed by atoms with Crippen LogP contribution in [0.3, 0.4) is 0 Å². The Balaban J connectivity index is 2.46. The number of benzene rings is 1. The molecule has 0 atom stereocenters. The predicted octanol–water partition coefficient (Wildman–Crippen LogP) is 5.59. The molecule has 0 bridgehead atoms. The van der Waals surface area contributed by atoms with Crippen molar-refractivity contribution in [3.63, 3.8) is 0 Å². The Morgan fingerprint density at radius 1 is 1.09 bits per heavy atom. The zero-order chi connectivity index (χ0) is 15.9. The lowest BCUT2D eigenvalue weighted by molar-refractivity contribution is 0.509. The second kappa shape index (κ2) is 5.35. The maximum absolute atomic E-state index is 4.95. The average Bonchev–Trinajstić information content (AvgIpc) is 2.53. The summed E-state index contributed by atoms with van der Waals surface area (Å²) in [6.45, 7) is 11.3. The van der Waals surface area contributed by atoms with Crippen LogP contribution in [-0.2, 0) is 5.41 Å². The number of nitrogens with zero attached hydrogens (tertiary/aromatic N) is 2. The predicted molar refractivity (Wildman–Crippen MR) is 94.5 cm³/mol. The number of hydrogen-bond acceptors (Lipinski definition) is 2. The van der Waals surface area contributed by atoms with Gasteiger partial charge in [-0.2, -0.15) is 0 Å². The largest absolute Gasteiger partial charge is 0.254 e. The first-order valence-corrected chi connectivity index (χ1v) is 8.13. The van der Waals surface area contributed by atoms with Gasteiger partial charge >= 0.3 is 0 Å². The van der Waals surface area contributed by atoms with E-state index in [0.717, 1.165) is 28.5 Å². The van der Waals surface area contributed by atoms with Gasteiger partial charge in [0, 0.05) is 22.7 Å². The van der Waals surface area contributed by atoms with E-state index in [1.54, 1.807) is 0 Å². The molecule has 3 aromatic rings. The van der Waals surface area contributed by atoms with Gasteiger partial charge in [-0.15, -0.1) is 0 Å². The number of fused-ring (bicyclic) bond motifs is 3. The maximum atomic E-state index is 4.95. The van der Waals surface area contributed by atoms with Crippen molar-refractivity contribution in [3.05, 3.63) is 47.8 Å². The van der Waals surface area contributed by atoms with Crippen molar-refractivity contribution >= 4 is 21.8 Å². The van der Waals surface area contributed by atoms with Gasteiger partial charge in [0.2, 0.25) is 0 Å². The van der Waals surface area contributed by atoms with Crippen LogP contribution < -0.4 is 0 Å². The molecule has 2 nitrogen and oxygen atoms in total. The third-order valence-corrected chi connectivity index (χ3v) is 4.78. The Labute approximate surface area is 132 Å². The third kappa shape index (κ3) is 2.37. The molecule has 0 saturated heterocycles. The summed E-state index contributed by atoms with van der Waals surface area (Å²) in [5, 5.41) is 2.39. The lowest BCUT2D eigenvalue weighted by Gasteiger charge is -2.26. The first-order valence-electron chi connectivity index (χ1n) is 8.13. The van der Waals surface area contributed by atoms with Gasteiger partial charge < -0.3 is 0 Å². The average molecular weight is 292 g/mol. The molecule has 0 spiro atoms. The van der Waals surface area contributed by atoms with Gasteiger partial charge in [-0.05, 0) is 35.4 Å². The molecular weight excluding hydrogens is 268 g/mol. The van der Waals surface area contributed by atoms with Gasteiger partial charge in [-0.3, -0.25) is 9.97 Å². The van der Waals surface area contributed by atoms with Crippen molar-refractivity contribution in [2.24, 2.45) is 0 Å². The summed E-state index contributed by atoms with van der Waals surface area (Å²) in [5.74, 6) is 0.412. The summed E-state index contributed by atoms with van der Waals surface area (Å²) in [6, 6.07) is 10.8. The number of pyridine rings is 2. The van der Waals surface area contributed by atoms with Crippen LogP contribution in [0, 0.1) is 0 Å². The van der Waals surface area contributed by atoms with Crippen LogP contribution in [-0.4, -0.2) is 9.97 Å². The molecule has 0 aliphatic heterocycles. The van der Waals surface area contributed by atoms with Gasteiger partial charge in [0.25, 0.3) is 0 Å². The summed E-state index contributed by atoms with van der Waals surface area (Å²) in [5.41, 5.74) is 4.72. The van der Waals surface area contributed by atoms with Crippen LogP contribution in [0.15, 0.2) is 36.5 Å². The van der Waals surface area contributed by atoms with E-state index in [4.69, 9.17) is 4.98 Å². The van der Waals surface area contributed by atoms with Gasteiger partial charge in [0.15, 0.2) is 0 Å². The Bertz CT molecular complexity index is 832. The van der Waals surface area contributed by atoms with Gasteiger partial charge in [-0.1, -0.05) is 52.8 Å². The van der Waals surface area contributed by atoms with Crippen LogP contribution in [0.5, 0.6) is 0 Å². The van der Waals surface area contributed by atoms with Gasteiger partial charge in [0.05, 0.1) is 11.0 Å². The Morgan fingerprint density at radius 2 is 1.86 bits per heavy atom. The lowest BCUT2D eigenvalue weighted by atomic mass is 9.79. The smallest absolute Gasteiger partial charge is 0.0970 e. The molecule has 2 heteroatoms. The van der Waals surface area contributed by atoms with Crippen molar-refractivity contribution < 1.29 is 0 Å². The molecule has 2 heterocycles. The highest BCUT2D eigenvalue weighted by molar-refractivity contribution is 6.04. The van der Waals surface area contributed by atoms with Crippen LogP contribution in [0.2, 0.25) is 0 Å². The highest BCUT2D eigenvalue weighted by atomic mass is 14.8. The molecule has 0 aliphatic rings. The van der Waals surface area contributed by atoms with Gasteiger partial charge in [-0.25, -0.2) is 0 Å². The van der Waals surface area contributed by atoms with Crippen molar-refractivity contribution in [2.45, 2.75) is 52.4 Å². The van der Waals surface area contributed by atoms with Crippen molar-refractivity contribution in [1.29, 1.82) is 0 Å². The highest BCUT2D eigenvalue weighted by Gasteiger charge is 2.23. The fourth-order valence-corrected chi connectivity index (χ4v) is 2.89. The monoisotopic (exact) mass is 292 g/mol. The molecule has 0 N–H and O–H groups in total.